The van der Waals surface area contributed by atoms with Crippen LogP contribution in [0.1, 0.15) is 48.9 Å². The number of amides is 1. The van der Waals surface area contributed by atoms with Gasteiger partial charge in [-0.25, -0.2) is 4.79 Å². The van der Waals surface area contributed by atoms with E-state index in [0.29, 0.717) is 5.56 Å². The minimum Gasteiger partial charge on any atom is -0.452 e. The normalized spacial score (nSPS) is 16.0. The summed E-state index contributed by atoms with van der Waals surface area (Å²) in [5, 5.41) is 2.95. The maximum absolute atomic E-state index is 11.8. The van der Waals surface area contributed by atoms with Crippen molar-refractivity contribution in [3.63, 3.8) is 0 Å². The lowest BCUT2D eigenvalue weighted by molar-refractivity contribution is -0.125. The molecule has 1 aliphatic rings. The van der Waals surface area contributed by atoms with Crippen molar-refractivity contribution in [2.75, 3.05) is 6.61 Å². The zero-order valence-corrected chi connectivity index (χ0v) is 13.5. The predicted octanol–water partition coefficient (Wildman–Crippen LogP) is 3.44. The quantitative estimate of drug-likeness (QED) is 0.666. The Hall–Kier alpha value is -1.36. The average molecular weight is 354 g/mol. The Morgan fingerprint density at radius 2 is 1.90 bits per heavy atom. The molecule has 0 aliphatic heterocycles. The molecule has 0 atom stereocenters. The maximum Gasteiger partial charge on any atom is 0.338 e. The van der Waals surface area contributed by atoms with Crippen LogP contribution in [0.25, 0.3) is 0 Å². The number of hydrogen-bond acceptors (Lipinski definition) is 3. The lowest BCUT2D eigenvalue weighted by atomic mass is 10.1. The molecule has 0 bridgehead atoms. The Bertz CT molecular complexity index is 496. The number of rotatable bonds is 4. The number of nitrogens with one attached hydrogen (secondary N) is 1. The molecule has 0 saturated heterocycles. The summed E-state index contributed by atoms with van der Waals surface area (Å²) in [6, 6.07) is 7.15. The van der Waals surface area contributed by atoms with E-state index < -0.39 is 5.97 Å². The molecular weight excluding hydrogens is 334 g/mol. The summed E-state index contributed by atoms with van der Waals surface area (Å²) in [5.41, 5.74) is 0.437. The first kappa shape index (κ1) is 16.0. The van der Waals surface area contributed by atoms with E-state index in [1.54, 1.807) is 18.2 Å². The Balaban J connectivity index is 1.76. The van der Waals surface area contributed by atoms with E-state index in [-0.39, 0.29) is 18.6 Å². The van der Waals surface area contributed by atoms with Crippen molar-refractivity contribution < 1.29 is 14.3 Å². The second kappa shape index (κ2) is 8.17. The molecule has 0 spiro atoms. The summed E-state index contributed by atoms with van der Waals surface area (Å²) >= 11 is 3.30. The summed E-state index contributed by atoms with van der Waals surface area (Å²) in [4.78, 5) is 23.7. The van der Waals surface area contributed by atoms with Crippen LogP contribution in [0.3, 0.4) is 0 Å². The zero-order chi connectivity index (χ0) is 15.1. The molecule has 114 valence electrons. The van der Waals surface area contributed by atoms with Gasteiger partial charge < -0.3 is 10.1 Å². The van der Waals surface area contributed by atoms with Gasteiger partial charge in [-0.3, -0.25) is 4.79 Å². The second-order valence-electron chi connectivity index (χ2n) is 5.34. The highest BCUT2D eigenvalue weighted by Crippen LogP contribution is 2.17. The van der Waals surface area contributed by atoms with Gasteiger partial charge in [0.05, 0.1) is 5.56 Å². The third-order valence-electron chi connectivity index (χ3n) is 3.61. The summed E-state index contributed by atoms with van der Waals surface area (Å²) in [7, 11) is 0. The highest BCUT2D eigenvalue weighted by molar-refractivity contribution is 9.10. The molecule has 1 N–H and O–H groups in total. The third-order valence-corrected chi connectivity index (χ3v) is 4.11. The molecule has 1 fully saturated rings. The highest BCUT2D eigenvalue weighted by atomic mass is 79.9. The van der Waals surface area contributed by atoms with Crippen molar-refractivity contribution >= 4 is 27.8 Å². The lowest BCUT2D eigenvalue weighted by Gasteiger charge is -2.16. The van der Waals surface area contributed by atoms with Crippen LogP contribution in [-0.2, 0) is 9.53 Å². The highest BCUT2D eigenvalue weighted by Gasteiger charge is 2.16. The van der Waals surface area contributed by atoms with Gasteiger partial charge in [0.1, 0.15) is 0 Å². The largest absolute Gasteiger partial charge is 0.452 e. The van der Waals surface area contributed by atoms with E-state index in [2.05, 4.69) is 21.2 Å². The summed E-state index contributed by atoms with van der Waals surface area (Å²) in [6.07, 6.45) is 6.83. The fourth-order valence-corrected chi connectivity index (χ4v) is 2.92. The molecule has 5 heteroatoms. The number of hydrogen-bond donors (Lipinski definition) is 1. The molecule has 0 radical (unpaired) electrons. The minimum atomic E-state index is -0.479. The van der Waals surface area contributed by atoms with E-state index >= 15 is 0 Å². The summed E-state index contributed by atoms with van der Waals surface area (Å²) in [5.74, 6) is -0.697. The number of esters is 1. The smallest absolute Gasteiger partial charge is 0.338 e. The van der Waals surface area contributed by atoms with Gasteiger partial charge in [-0.15, -0.1) is 0 Å². The van der Waals surface area contributed by atoms with Crippen LogP contribution in [0, 0.1) is 0 Å². The first-order valence-electron chi connectivity index (χ1n) is 7.37. The summed E-state index contributed by atoms with van der Waals surface area (Å²) < 4.78 is 5.85. The summed E-state index contributed by atoms with van der Waals surface area (Å²) in [6.45, 7) is -0.220. The SMILES string of the molecule is O=C(COC(=O)c1cccc(Br)c1)NC1CCCCCC1. The van der Waals surface area contributed by atoms with Gasteiger partial charge in [-0.2, -0.15) is 0 Å². The van der Waals surface area contributed by atoms with Gasteiger partial charge in [0.2, 0.25) is 0 Å². The van der Waals surface area contributed by atoms with Gasteiger partial charge >= 0.3 is 5.97 Å². The molecule has 1 aromatic rings. The van der Waals surface area contributed by atoms with Crippen LogP contribution >= 0.6 is 15.9 Å². The van der Waals surface area contributed by atoms with Crippen molar-refractivity contribution in [3.8, 4) is 0 Å². The topological polar surface area (TPSA) is 55.4 Å². The molecule has 1 amide bonds. The van der Waals surface area contributed by atoms with E-state index in [1.165, 1.54) is 12.8 Å². The van der Waals surface area contributed by atoms with Crippen molar-refractivity contribution in [1.29, 1.82) is 0 Å². The first-order chi connectivity index (χ1) is 10.1. The molecular formula is C16H20BrNO3. The van der Waals surface area contributed by atoms with Crippen LogP contribution in [-0.4, -0.2) is 24.5 Å². The molecule has 1 aliphatic carbocycles. The minimum absolute atomic E-state index is 0.217. The monoisotopic (exact) mass is 353 g/mol. The van der Waals surface area contributed by atoms with Gasteiger partial charge in [-0.05, 0) is 31.0 Å². The Morgan fingerprint density at radius 1 is 1.19 bits per heavy atom. The van der Waals surface area contributed by atoms with Crippen molar-refractivity contribution in [3.05, 3.63) is 34.3 Å². The maximum atomic E-state index is 11.8. The second-order valence-corrected chi connectivity index (χ2v) is 6.26. The fraction of sp³-hybridized carbons (Fsp3) is 0.500. The third kappa shape index (κ3) is 5.50. The Kier molecular flexibility index (Phi) is 6.23. The molecule has 0 heterocycles. The number of ether oxygens (including phenoxy) is 1. The van der Waals surface area contributed by atoms with Crippen LogP contribution in [0.4, 0.5) is 0 Å². The van der Waals surface area contributed by atoms with E-state index in [0.717, 1.165) is 30.2 Å². The van der Waals surface area contributed by atoms with Crippen molar-refractivity contribution in [1.82, 2.24) is 5.32 Å². The standard InChI is InChI=1S/C16H20BrNO3/c17-13-7-5-6-12(10-13)16(20)21-11-15(19)18-14-8-3-1-2-4-9-14/h5-7,10,14H,1-4,8-9,11H2,(H,18,19). The molecule has 21 heavy (non-hydrogen) atoms. The molecule has 4 nitrogen and oxygen atoms in total. The number of benzene rings is 1. The van der Waals surface area contributed by atoms with Gasteiger partial charge in [0, 0.05) is 10.5 Å². The zero-order valence-electron chi connectivity index (χ0n) is 11.9. The van der Waals surface area contributed by atoms with Crippen LogP contribution in [0.2, 0.25) is 0 Å². The van der Waals surface area contributed by atoms with E-state index in [9.17, 15) is 9.59 Å². The number of carbonyl (C=O) groups excluding carboxylic acids is 2. The Morgan fingerprint density at radius 3 is 2.57 bits per heavy atom. The number of carbonyl (C=O) groups is 2. The molecule has 1 aromatic carbocycles. The molecule has 2 rings (SSSR count). The first-order valence-corrected chi connectivity index (χ1v) is 8.16. The lowest BCUT2D eigenvalue weighted by Crippen LogP contribution is -2.37. The van der Waals surface area contributed by atoms with E-state index in [1.807, 2.05) is 6.07 Å². The average Bonchev–Trinajstić information content (AvgIpc) is 2.73. The molecule has 0 unspecified atom stereocenters. The van der Waals surface area contributed by atoms with Gasteiger partial charge in [0.25, 0.3) is 5.91 Å². The van der Waals surface area contributed by atoms with Crippen LogP contribution in [0.15, 0.2) is 28.7 Å². The van der Waals surface area contributed by atoms with Crippen LogP contribution in [0.5, 0.6) is 0 Å². The molecule has 0 aromatic heterocycles. The fourth-order valence-electron chi connectivity index (χ4n) is 2.52. The van der Waals surface area contributed by atoms with Crippen molar-refractivity contribution in [2.45, 2.75) is 44.6 Å². The Labute approximate surface area is 133 Å². The predicted molar refractivity (Wildman–Crippen MR) is 84.1 cm³/mol. The van der Waals surface area contributed by atoms with Gasteiger partial charge in [0.15, 0.2) is 6.61 Å². The molecule has 1 saturated carbocycles. The van der Waals surface area contributed by atoms with Crippen molar-refractivity contribution in [2.24, 2.45) is 0 Å². The van der Waals surface area contributed by atoms with Crippen LogP contribution < -0.4 is 5.32 Å². The van der Waals surface area contributed by atoms with E-state index in [4.69, 9.17) is 4.74 Å². The van der Waals surface area contributed by atoms with Gasteiger partial charge in [-0.1, -0.05) is 47.7 Å². The number of halogens is 1.